The number of para-hydroxylation sites is 1. The maximum absolute atomic E-state index is 13.9. The second-order valence-corrected chi connectivity index (χ2v) is 5.36. The van der Waals surface area contributed by atoms with Gasteiger partial charge < -0.3 is 15.0 Å². The number of methoxy groups -OCH3 is 1. The third-order valence-electron chi connectivity index (χ3n) is 3.74. The number of rotatable bonds is 3. The fourth-order valence-corrected chi connectivity index (χ4v) is 2.70. The summed E-state index contributed by atoms with van der Waals surface area (Å²) in [5.41, 5.74) is -5.03. The Morgan fingerprint density at radius 3 is 2.15 bits per heavy atom. The maximum Gasteiger partial charge on any atom is 0.471 e. The van der Waals surface area contributed by atoms with Crippen LogP contribution in [-0.2, 0) is 19.9 Å². The first-order valence-corrected chi connectivity index (χ1v) is 6.98. The summed E-state index contributed by atoms with van der Waals surface area (Å²) in [7, 11) is 0.576. The molecule has 1 aromatic heterocycles. The molecule has 2 N–H and O–H groups in total. The van der Waals surface area contributed by atoms with Gasteiger partial charge in [0.1, 0.15) is 0 Å². The Labute approximate surface area is 142 Å². The molecule has 1 aromatic carbocycles. The second-order valence-electron chi connectivity index (χ2n) is 5.36. The second kappa shape index (κ2) is 6.22. The molecule has 0 aliphatic rings. The van der Waals surface area contributed by atoms with Gasteiger partial charge in [-0.15, -0.1) is 0 Å². The van der Waals surface area contributed by atoms with Crippen molar-refractivity contribution < 1.29 is 40.7 Å². The highest BCUT2D eigenvalue weighted by atomic mass is 19.4. The Hall–Kier alpha value is -2.72. The number of aromatic amines is 1. The summed E-state index contributed by atoms with van der Waals surface area (Å²) in [6, 6.07) is 5.36. The van der Waals surface area contributed by atoms with Crippen LogP contribution in [0, 0.1) is 6.92 Å². The minimum Gasteiger partial charge on any atom is -0.467 e. The molecule has 2 aromatic rings. The van der Waals surface area contributed by atoms with Crippen LogP contribution in [-0.4, -0.2) is 36.3 Å². The fourth-order valence-electron chi connectivity index (χ4n) is 2.70. The molecule has 1 amide bonds. The van der Waals surface area contributed by atoms with Gasteiger partial charge in [-0.2, -0.15) is 26.3 Å². The van der Waals surface area contributed by atoms with Gasteiger partial charge in [0.15, 0.2) is 0 Å². The van der Waals surface area contributed by atoms with Gasteiger partial charge >= 0.3 is 24.2 Å². The van der Waals surface area contributed by atoms with Crippen molar-refractivity contribution in [2.45, 2.75) is 24.8 Å². The summed E-state index contributed by atoms with van der Waals surface area (Å²) in [4.78, 5) is 26.0. The first-order chi connectivity index (χ1) is 11.9. The number of hydrogen-bond acceptors (Lipinski definition) is 3. The Morgan fingerprint density at radius 1 is 1.08 bits per heavy atom. The van der Waals surface area contributed by atoms with Crippen molar-refractivity contribution >= 4 is 22.8 Å². The van der Waals surface area contributed by atoms with Crippen LogP contribution in [0.25, 0.3) is 10.9 Å². The monoisotopic (exact) mass is 382 g/mol. The van der Waals surface area contributed by atoms with Gasteiger partial charge in [0.25, 0.3) is 5.54 Å². The van der Waals surface area contributed by atoms with Crippen LogP contribution in [0.1, 0.15) is 11.3 Å². The number of benzene rings is 1. The molecule has 0 saturated heterocycles. The van der Waals surface area contributed by atoms with Gasteiger partial charge in [0.2, 0.25) is 0 Å². The van der Waals surface area contributed by atoms with Gasteiger partial charge in [-0.1, -0.05) is 18.2 Å². The van der Waals surface area contributed by atoms with Crippen molar-refractivity contribution in [2.75, 3.05) is 7.11 Å². The van der Waals surface area contributed by atoms with Crippen molar-refractivity contribution in [2.24, 2.45) is 0 Å². The Balaban J connectivity index is 2.88. The van der Waals surface area contributed by atoms with Crippen molar-refractivity contribution in [3.05, 3.63) is 35.5 Å². The van der Waals surface area contributed by atoms with E-state index in [-0.39, 0.29) is 16.6 Å². The third kappa shape index (κ3) is 2.97. The Kier molecular flexibility index (Phi) is 4.69. The van der Waals surface area contributed by atoms with Crippen molar-refractivity contribution in [1.82, 2.24) is 10.3 Å². The van der Waals surface area contributed by atoms with E-state index in [0.29, 0.717) is 7.11 Å². The molecule has 0 aliphatic heterocycles. The van der Waals surface area contributed by atoms with Crippen LogP contribution < -0.4 is 5.32 Å². The average Bonchev–Trinajstić information content (AvgIpc) is 2.85. The normalized spacial score (nSPS) is 14.8. The average molecular weight is 382 g/mol. The molecule has 26 heavy (non-hydrogen) atoms. The Bertz CT molecular complexity index is 855. The van der Waals surface area contributed by atoms with E-state index in [2.05, 4.69) is 9.72 Å². The predicted molar refractivity (Wildman–Crippen MR) is 77.0 cm³/mol. The van der Waals surface area contributed by atoms with E-state index < -0.39 is 35.3 Å². The molecule has 0 fully saturated rings. The van der Waals surface area contributed by atoms with Gasteiger partial charge in [0, 0.05) is 22.2 Å². The van der Waals surface area contributed by atoms with Gasteiger partial charge in [-0.05, 0) is 13.0 Å². The molecule has 0 unspecified atom stereocenters. The molecule has 0 saturated carbocycles. The number of alkyl halides is 6. The number of fused-ring (bicyclic) bond motifs is 1. The van der Waals surface area contributed by atoms with E-state index in [0.717, 1.165) is 12.2 Å². The lowest BCUT2D eigenvalue weighted by atomic mass is 9.86. The Morgan fingerprint density at radius 2 is 1.65 bits per heavy atom. The number of aromatic nitrogens is 1. The smallest absolute Gasteiger partial charge is 0.467 e. The van der Waals surface area contributed by atoms with Gasteiger partial charge in [-0.25, -0.2) is 4.79 Å². The fraction of sp³-hybridized carbons (Fsp3) is 0.333. The number of carbonyl (C=O) groups excluding carboxylic acids is 2. The molecule has 142 valence electrons. The zero-order chi connectivity index (χ0) is 19.9. The summed E-state index contributed by atoms with van der Waals surface area (Å²) < 4.78 is 83.9. The number of nitrogens with one attached hydrogen (secondary N) is 2. The molecule has 2 rings (SSSR count). The molecule has 11 heteroatoms. The molecule has 0 aliphatic carbocycles. The number of hydrogen-bond donors (Lipinski definition) is 2. The molecule has 0 radical (unpaired) electrons. The lowest BCUT2D eigenvalue weighted by molar-refractivity contribution is -0.222. The summed E-state index contributed by atoms with van der Waals surface area (Å²) in [6.07, 6.45) is -11.3. The standard InChI is InChI=1S/C15H12F6N2O3/c1-7-10(8-5-3-4-6-9(8)22-7)13(12(25)26-2,15(19,20)21)23-11(24)14(16,17)18/h3-6,22H,1-2H3,(H,23,24)/t13-/m0/s1. The largest absolute Gasteiger partial charge is 0.471 e. The van der Waals surface area contributed by atoms with E-state index in [1.165, 1.54) is 24.3 Å². The maximum atomic E-state index is 13.9. The van der Waals surface area contributed by atoms with Crippen LogP contribution in [0.15, 0.2) is 24.3 Å². The number of esters is 1. The van der Waals surface area contributed by atoms with Crippen molar-refractivity contribution in [1.29, 1.82) is 0 Å². The van der Waals surface area contributed by atoms with Crippen LogP contribution in [0.4, 0.5) is 26.3 Å². The highest BCUT2D eigenvalue weighted by Crippen LogP contribution is 2.45. The summed E-state index contributed by atoms with van der Waals surface area (Å²) in [5, 5.41) is 0.628. The number of halogens is 6. The molecular weight excluding hydrogens is 370 g/mol. The van der Waals surface area contributed by atoms with Crippen LogP contribution in [0.3, 0.4) is 0 Å². The predicted octanol–water partition coefficient (Wildman–Crippen LogP) is 3.09. The lowest BCUT2D eigenvalue weighted by Gasteiger charge is -2.34. The van der Waals surface area contributed by atoms with Crippen LogP contribution in [0.5, 0.6) is 0 Å². The lowest BCUT2D eigenvalue weighted by Crippen LogP contribution is -2.63. The SMILES string of the molecule is COC(=O)[C@@](NC(=O)C(F)(F)F)(c1c(C)[nH]c2ccccc12)C(F)(F)F. The first kappa shape index (κ1) is 19.6. The molecular formula is C15H12F6N2O3. The molecule has 0 bridgehead atoms. The zero-order valence-corrected chi connectivity index (χ0v) is 13.3. The van der Waals surface area contributed by atoms with Crippen molar-refractivity contribution in [3.8, 4) is 0 Å². The molecule has 1 heterocycles. The van der Waals surface area contributed by atoms with E-state index in [1.807, 2.05) is 0 Å². The third-order valence-corrected chi connectivity index (χ3v) is 3.74. The molecule has 5 nitrogen and oxygen atoms in total. The summed E-state index contributed by atoms with van der Waals surface area (Å²) >= 11 is 0. The minimum absolute atomic E-state index is 0.138. The van der Waals surface area contributed by atoms with E-state index in [9.17, 15) is 35.9 Å². The number of H-pyrrole nitrogens is 1. The van der Waals surface area contributed by atoms with E-state index in [4.69, 9.17) is 0 Å². The number of ether oxygens (including phenoxy) is 1. The quantitative estimate of drug-likeness (QED) is 0.633. The van der Waals surface area contributed by atoms with Crippen molar-refractivity contribution in [3.63, 3.8) is 0 Å². The van der Waals surface area contributed by atoms with Gasteiger partial charge in [0.05, 0.1) is 7.11 Å². The topological polar surface area (TPSA) is 71.2 Å². The first-order valence-electron chi connectivity index (χ1n) is 6.98. The summed E-state index contributed by atoms with van der Waals surface area (Å²) in [5.74, 6) is -5.03. The highest BCUT2D eigenvalue weighted by Gasteiger charge is 2.67. The number of amides is 1. The zero-order valence-electron chi connectivity index (χ0n) is 13.3. The van der Waals surface area contributed by atoms with Gasteiger partial charge in [-0.3, -0.25) is 4.79 Å². The number of aryl methyl sites for hydroxylation is 1. The summed E-state index contributed by atoms with van der Waals surface area (Å²) in [6.45, 7) is 1.14. The highest BCUT2D eigenvalue weighted by molar-refractivity contribution is 5.98. The molecule has 1 atom stereocenters. The van der Waals surface area contributed by atoms with Crippen LogP contribution in [0.2, 0.25) is 0 Å². The number of carbonyl (C=O) groups is 2. The van der Waals surface area contributed by atoms with E-state index >= 15 is 0 Å². The van der Waals surface area contributed by atoms with E-state index in [1.54, 1.807) is 0 Å². The molecule has 0 spiro atoms. The van der Waals surface area contributed by atoms with Crippen LogP contribution >= 0.6 is 0 Å². The minimum atomic E-state index is -5.65.